The first kappa shape index (κ1) is 21.0. The van der Waals surface area contributed by atoms with Gasteiger partial charge in [0.05, 0.1) is 12.2 Å². The molecule has 0 radical (unpaired) electrons. The molecule has 0 aliphatic rings. The highest BCUT2D eigenvalue weighted by Crippen LogP contribution is 2.24. The van der Waals surface area contributed by atoms with Gasteiger partial charge < -0.3 is 18.9 Å². The lowest BCUT2D eigenvalue weighted by Gasteiger charge is -2.19. The Morgan fingerprint density at radius 3 is 2.52 bits per heavy atom. The van der Waals surface area contributed by atoms with E-state index < -0.39 is 5.60 Å². The zero-order chi connectivity index (χ0) is 18.7. The molecule has 6 heteroatoms. The number of benzene rings is 1. The maximum Gasteiger partial charge on any atom is 0.306 e. The van der Waals surface area contributed by atoms with Crippen LogP contribution in [0.25, 0.3) is 0 Å². The summed E-state index contributed by atoms with van der Waals surface area (Å²) in [6.45, 7) is 6.16. The molecule has 1 rings (SSSR count). The molecule has 0 bridgehead atoms. The number of carbonyl (C=O) groups is 2. The maximum atomic E-state index is 11.6. The van der Waals surface area contributed by atoms with Crippen LogP contribution in [-0.4, -0.2) is 38.4 Å². The zero-order valence-corrected chi connectivity index (χ0v) is 15.5. The van der Waals surface area contributed by atoms with Gasteiger partial charge in [0, 0.05) is 19.6 Å². The van der Waals surface area contributed by atoms with Gasteiger partial charge in [-0.2, -0.15) is 0 Å². The molecular weight excluding hydrogens is 324 g/mol. The lowest BCUT2D eigenvalue weighted by Crippen LogP contribution is -2.23. The fourth-order valence-electron chi connectivity index (χ4n) is 2.08. The highest BCUT2D eigenvalue weighted by Gasteiger charge is 2.15. The number of esters is 1. The first-order valence-electron chi connectivity index (χ1n) is 8.41. The molecule has 0 N–H and O–H groups in total. The summed E-state index contributed by atoms with van der Waals surface area (Å²) in [6, 6.07) is 5.01. The second-order valence-electron chi connectivity index (χ2n) is 6.61. The second kappa shape index (κ2) is 10.7. The van der Waals surface area contributed by atoms with Crippen molar-refractivity contribution < 1.29 is 28.5 Å². The van der Waals surface area contributed by atoms with Crippen molar-refractivity contribution in [1.82, 2.24) is 0 Å². The number of hydrogen-bond acceptors (Lipinski definition) is 6. The molecule has 0 aliphatic carbocycles. The largest absolute Gasteiger partial charge is 0.493 e. The van der Waals surface area contributed by atoms with Crippen LogP contribution in [0.15, 0.2) is 18.2 Å². The molecule has 0 heterocycles. The molecule has 0 unspecified atom stereocenters. The van der Waals surface area contributed by atoms with Crippen molar-refractivity contribution in [3.8, 4) is 11.5 Å². The second-order valence-corrected chi connectivity index (χ2v) is 6.61. The van der Waals surface area contributed by atoms with Gasteiger partial charge in [0.15, 0.2) is 13.1 Å². The normalized spacial score (nSPS) is 11.0. The van der Waals surface area contributed by atoms with Crippen molar-refractivity contribution in [3.63, 3.8) is 0 Å². The molecule has 0 spiro atoms. The van der Waals surface area contributed by atoms with Gasteiger partial charge in [0.25, 0.3) is 0 Å². The Morgan fingerprint density at radius 2 is 1.88 bits per heavy atom. The SMILES string of the molecule is COCOc1ccc(C=O)c(OCCCCCC(=O)OC(C)(C)C)c1. The van der Waals surface area contributed by atoms with E-state index in [1.807, 2.05) is 20.8 Å². The monoisotopic (exact) mass is 352 g/mol. The van der Waals surface area contributed by atoms with Gasteiger partial charge in [-0.05, 0) is 52.2 Å². The van der Waals surface area contributed by atoms with Gasteiger partial charge >= 0.3 is 5.97 Å². The van der Waals surface area contributed by atoms with Crippen molar-refractivity contribution >= 4 is 12.3 Å². The van der Waals surface area contributed by atoms with Gasteiger partial charge in [-0.3, -0.25) is 9.59 Å². The summed E-state index contributed by atoms with van der Waals surface area (Å²) in [5.74, 6) is 0.878. The molecule has 0 atom stereocenters. The number of aldehydes is 1. The number of methoxy groups -OCH3 is 1. The fraction of sp³-hybridized carbons (Fsp3) is 0.579. The number of hydrogen-bond donors (Lipinski definition) is 0. The molecular formula is C19H28O6. The lowest BCUT2D eigenvalue weighted by atomic mass is 10.1. The van der Waals surface area contributed by atoms with Crippen LogP contribution in [0.3, 0.4) is 0 Å². The van der Waals surface area contributed by atoms with E-state index in [2.05, 4.69) is 0 Å². The van der Waals surface area contributed by atoms with Crippen LogP contribution < -0.4 is 9.47 Å². The van der Waals surface area contributed by atoms with Crippen molar-refractivity contribution in [2.45, 2.75) is 52.1 Å². The van der Waals surface area contributed by atoms with Gasteiger partial charge in [0.1, 0.15) is 17.1 Å². The maximum absolute atomic E-state index is 11.6. The molecule has 140 valence electrons. The van der Waals surface area contributed by atoms with E-state index in [1.54, 1.807) is 18.2 Å². The summed E-state index contributed by atoms with van der Waals surface area (Å²) in [6.07, 6.45) is 3.52. The summed E-state index contributed by atoms with van der Waals surface area (Å²) >= 11 is 0. The fourth-order valence-corrected chi connectivity index (χ4v) is 2.08. The Labute approximate surface area is 149 Å². The Balaban J connectivity index is 2.33. The third-order valence-corrected chi connectivity index (χ3v) is 3.16. The summed E-state index contributed by atoms with van der Waals surface area (Å²) in [5, 5.41) is 0. The third kappa shape index (κ3) is 9.10. The minimum absolute atomic E-state index is 0.130. The van der Waals surface area contributed by atoms with Crippen LogP contribution in [0.2, 0.25) is 0 Å². The van der Waals surface area contributed by atoms with E-state index >= 15 is 0 Å². The van der Waals surface area contributed by atoms with E-state index in [-0.39, 0.29) is 12.8 Å². The topological polar surface area (TPSA) is 71.1 Å². The van der Waals surface area contributed by atoms with Gasteiger partial charge in [-0.25, -0.2) is 0 Å². The van der Waals surface area contributed by atoms with E-state index in [4.69, 9.17) is 18.9 Å². The third-order valence-electron chi connectivity index (χ3n) is 3.16. The quantitative estimate of drug-likeness (QED) is 0.261. The summed E-state index contributed by atoms with van der Waals surface area (Å²) < 4.78 is 21.1. The van der Waals surface area contributed by atoms with Crippen LogP contribution in [0, 0.1) is 0 Å². The predicted molar refractivity (Wildman–Crippen MR) is 94.1 cm³/mol. The molecule has 1 aromatic rings. The Hall–Kier alpha value is -2.08. The first-order valence-corrected chi connectivity index (χ1v) is 8.41. The van der Waals surface area contributed by atoms with E-state index in [0.29, 0.717) is 30.1 Å². The standard InChI is InChI=1S/C19H28O6/c1-19(2,3)25-18(21)8-6-5-7-11-23-17-12-16(24-14-22-4)10-9-15(17)13-20/h9-10,12-13H,5-8,11,14H2,1-4H3. The molecule has 0 saturated carbocycles. The Bertz CT molecular complexity index is 547. The highest BCUT2D eigenvalue weighted by atomic mass is 16.7. The van der Waals surface area contributed by atoms with Gasteiger partial charge in [-0.15, -0.1) is 0 Å². The summed E-state index contributed by atoms with van der Waals surface area (Å²) in [7, 11) is 1.54. The van der Waals surface area contributed by atoms with E-state index in [0.717, 1.165) is 25.5 Å². The predicted octanol–water partition coefficient (Wildman–Crippen LogP) is 3.76. The minimum Gasteiger partial charge on any atom is -0.493 e. The zero-order valence-electron chi connectivity index (χ0n) is 15.5. The molecule has 1 aromatic carbocycles. The number of carbonyl (C=O) groups excluding carboxylic acids is 2. The summed E-state index contributed by atoms with van der Waals surface area (Å²) in [5.41, 5.74) is 0.0277. The average molecular weight is 352 g/mol. The van der Waals surface area contributed by atoms with Crippen LogP contribution >= 0.6 is 0 Å². The van der Waals surface area contributed by atoms with Crippen LogP contribution in [0.4, 0.5) is 0 Å². The van der Waals surface area contributed by atoms with Crippen LogP contribution in [0.5, 0.6) is 11.5 Å². The molecule has 6 nitrogen and oxygen atoms in total. The highest BCUT2D eigenvalue weighted by molar-refractivity contribution is 5.79. The van der Waals surface area contributed by atoms with Crippen molar-refractivity contribution in [2.24, 2.45) is 0 Å². The average Bonchev–Trinajstić information content (AvgIpc) is 2.54. The molecule has 0 aromatic heterocycles. The smallest absolute Gasteiger partial charge is 0.306 e. The van der Waals surface area contributed by atoms with Crippen molar-refractivity contribution in [3.05, 3.63) is 23.8 Å². The van der Waals surface area contributed by atoms with Crippen molar-refractivity contribution in [2.75, 3.05) is 20.5 Å². The molecule has 0 saturated heterocycles. The molecule has 0 aliphatic heterocycles. The van der Waals surface area contributed by atoms with Crippen molar-refractivity contribution in [1.29, 1.82) is 0 Å². The lowest BCUT2D eigenvalue weighted by molar-refractivity contribution is -0.154. The Morgan fingerprint density at radius 1 is 1.12 bits per heavy atom. The molecule has 0 fully saturated rings. The minimum atomic E-state index is -0.443. The number of unbranched alkanes of at least 4 members (excludes halogenated alkanes) is 2. The van der Waals surface area contributed by atoms with Crippen LogP contribution in [-0.2, 0) is 14.3 Å². The van der Waals surface area contributed by atoms with E-state index in [9.17, 15) is 9.59 Å². The molecule has 0 amide bonds. The van der Waals surface area contributed by atoms with E-state index in [1.165, 1.54) is 7.11 Å². The summed E-state index contributed by atoms with van der Waals surface area (Å²) in [4.78, 5) is 22.7. The van der Waals surface area contributed by atoms with Crippen LogP contribution in [0.1, 0.15) is 56.8 Å². The number of rotatable bonds is 11. The van der Waals surface area contributed by atoms with Gasteiger partial charge in [-0.1, -0.05) is 0 Å². The first-order chi connectivity index (χ1) is 11.9. The van der Waals surface area contributed by atoms with Gasteiger partial charge in [0.2, 0.25) is 0 Å². The molecule has 25 heavy (non-hydrogen) atoms. The number of ether oxygens (including phenoxy) is 4. The Kier molecular flexibility index (Phi) is 8.99.